The highest BCUT2D eigenvalue weighted by atomic mass is 19.1. The number of carbonyl (C=O) groups excluding carboxylic acids is 1. The van der Waals surface area contributed by atoms with Gasteiger partial charge in [-0.25, -0.2) is 9.37 Å². The number of nitrogens with one attached hydrogen (secondary N) is 1. The second-order valence-electron chi connectivity index (χ2n) is 5.96. The lowest BCUT2D eigenvalue weighted by atomic mass is 10.0. The fraction of sp³-hybridized carbons (Fsp3) is 0.200. The number of amides is 1. The lowest BCUT2D eigenvalue weighted by molar-refractivity contribution is 0.0948. The van der Waals surface area contributed by atoms with Gasteiger partial charge >= 0.3 is 0 Å². The number of halogens is 1. The number of hydrogen-bond donors (Lipinski definition) is 1. The SMILES string of the molecule is Cn1cnc(C(=O)NCCCc2ccc(-c3ccccc3F)cc2)c1. The van der Waals surface area contributed by atoms with E-state index in [1.54, 1.807) is 29.2 Å². The lowest BCUT2D eigenvalue weighted by Gasteiger charge is -2.06. The van der Waals surface area contributed by atoms with E-state index in [9.17, 15) is 9.18 Å². The molecule has 1 aromatic heterocycles. The van der Waals surface area contributed by atoms with Crippen molar-refractivity contribution in [3.05, 3.63) is 78.1 Å². The van der Waals surface area contributed by atoms with Crippen molar-refractivity contribution in [1.82, 2.24) is 14.9 Å². The molecule has 0 radical (unpaired) electrons. The molecule has 2 aromatic carbocycles. The highest BCUT2D eigenvalue weighted by Crippen LogP contribution is 2.22. The first-order chi connectivity index (χ1) is 12.1. The summed E-state index contributed by atoms with van der Waals surface area (Å²) in [5, 5.41) is 2.86. The van der Waals surface area contributed by atoms with E-state index < -0.39 is 0 Å². The van der Waals surface area contributed by atoms with Crippen LogP contribution in [0.2, 0.25) is 0 Å². The number of imidazole rings is 1. The molecule has 1 N–H and O–H groups in total. The molecular weight excluding hydrogens is 317 g/mol. The number of nitrogens with zero attached hydrogens (tertiary/aromatic N) is 2. The zero-order valence-corrected chi connectivity index (χ0v) is 14.1. The molecule has 0 atom stereocenters. The van der Waals surface area contributed by atoms with Crippen molar-refractivity contribution in [3.63, 3.8) is 0 Å². The summed E-state index contributed by atoms with van der Waals surface area (Å²) in [4.78, 5) is 15.9. The molecule has 0 aliphatic heterocycles. The summed E-state index contributed by atoms with van der Waals surface area (Å²) in [6.45, 7) is 0.588. The molecule has 4 nitrogen and oxygen atoms in total. The summed E-state index contributed by atoms with van der Waals surface area (Å²) in [6.07, 6.45) is 4.97. The first kappa shape index (κ1) is 16.9. The Balaban J connectivity index is 1.49. The van der Waals surface area contributed by atoms with E-state index in [4.69, 9.17) is 0 Å². The Bertz CT molecular complexity index is 855. The predicted molar refractivity (Wildman–Crippen MR) is 95.7 cm³/mol. The average molecular weight is 337 g/mol. The van der Waals surface area contributed by atoms with Gasteiger partial charge in [0.1, 0.15) is 11.5 Å². The Morgan fingerprint density at radius 2 is 1.92 bits per heavy atom. The summed E-state index contributed by atoms with van der Waals surface area (Å²) >= 11 is 0. The van der Waals surface area contributed by atoms with Crippen LogP contribution in [0.5, 0.6) is 0 Å². The van der Waals surface area contributed by atoms with Gasteiger partial charge in [0.25, 0.3) is 5.91 Å². The predicted octanol–water partition coefficient (Wildman–Crippen LogP) is 3.59. The van der Waals surface area contributed by atoms with Crippen LogP contribution in [0.3, 0.4) is 0 Å². The molecule has 128 valence electrons. The van der Waals surface area contributed by atoms with E-state index in [2.05, 4.69) is 10.3 Å². The summed E-state index contributed by atoms with van der Waals surface area (Å²) in [5.74, 6) is -0.372. The lowest BCUT2D eigenvalue weighted by Crippen LogP contribution is -2.25. The molecule has 0 fully saturated rings. The van der Waals surface area contributed by atoms with E-state index in [-0.39, 0.29) is 11.7 Å². The number of hydrogen-bond acceptors (Lipinski definition) is 2. The minimum atomic E-state index is -0.215. The molecule has 0 saturated heterocycles. The molecule has 3 rings (SSSR count). The molecule has 1 heterocycles. The number of aryl methyl sites for hydroxylation is 2. The largest absolute Gasteiger partial charge is 0.351 e. The van der Waals surface area contributed by atoms with Gasteiger partial charge in [0.05, 0.1) is 6.33 Å². The van der Waals surface area contributed by atoms with Crippen LogP contribution in [-0.2, 0) is 13.5 Å². The second kappa shape index (κ2) is 7.75. The van der Waals surface area contributed by atoms with E-state index in [0.717, 1.165) is 24.0 Å². The van der Waals surface area contributed by atoms with Crippen molar-refractivity contribution in [2.24, 2.45) is 7.05 Å². The van der Waals surface area contributed by atoms with Crippen molar-refractivity contribution in [2.45, 2.75) is 12.8 Å². The third-order valence-corrected chi connectivity index (χ3v) is 4.00. The van der Waals surface area contributed by atoms with Crippen molar-refractivity contribution < 1.29 is 9.18 Å². The van der Waals surface area contributed by atoms with E-state index in [0.29, 0.717) is 17.8 Å². The van der Waals surface area contributed by atoms with Crippen molar-refractivity contribution >= 4 is 5.91 Å². The van der Waals surface area contributed by atoms with Crippen LogP contribution in [0.25, 0.3) is 11.1 Å². The molecule has 5 heteroatoms. The first-order valence-electron chi connectivity index (χ1n) is 8.23. The molecule has 3 aromatic rings. The zero-order chi connectivity index (χ0) is 17.6. The van der Waals surface area contributed by atoms with Crippen LogP contribution < -0.4 is 5.32 Å². The van der Waals surface area contributed by atoms with Crippen LogP contribution in [0.1, 0.15) is 22.5 Å². The molecule has 0 bridgehead atoms. The summed E-state index contributed by atoms with van der Waals surface area (Å²) in [7, 11) is 1.83. The Labute approximate surface area is 146 Å². The van der Waals surface area contributed by atoms with Gasteiger partial charge in [-0.05, 0) is 30.0 Å². The number of rotatable bonds is 6. The highest BCUT2D eigenvalue weighted by Gasteiger charge is 2.07. The fourth-order valence-corrected chi connectivity index (χ4v) is 2.66. The maximum Gasteiger partial charge on any atom is 0.271 e. The van der Waals surface area contributed by atoms with Gasteiger partial charge in [-0.15, -0.1) is 0 Å². The van der Waals surface area contributed by atoms with E-state index in [1.165, 1.54) is 6.07 Å². The number of benzene rings is 2. The van der Waals surface area contributed by atoms with Crippen molar-refractivity contribution in [2.75, 3.05) is 6.54 Å². The van der Waals surface area contributed by atoms with Gasteiger partial charge in [-0.2, -0.15) is 0 Å². The van der Waals surface area contributed by atoms with Crippen LogP contribution in [0.4, 0.5) is 4.39 Å². The van der Waals surface area contributed by atoms with Gasteiger partial charge < -0.3 is 9.88 Å². The molecule has 0 spiro atoms. The maximum absolute atomic E-state index is 13.8. The molecular formula is C20H20FN3O. The van der Waals surface area contributed by atoms with Gasteiger partial charge in [0.2, 0.25) is 0 Å². The van der Waals surface area contributed by atoms with Crippen molar-refractivity contribution in [1.29, 1.82) is 0 Å². The Kier molecular flexibility index (Phi) is 5.23. The van der Waals surface area contributed by atoms with Crippen molar-refractivity contribution in [3.8, 4) is 11.1 Å². The molecule has 25 heavy (non-hydrogen) atoms. The summed E-state index contributed by atoms with van der Waals surface area (Å²) in [5.41, 5.74) is 3.06. The Hall–Kier alpha value is -2.95. The minimum absolute atomic E-state index is 0.157. The molecule has 1 amide bonds. The maximum atomic E-state index is 13.8. The Morgan fingerprint density at radius 1 is 1.16 bits per heavy atom. The van der Waals surface area contributed by atoms with Crippen LogP contribution in [0.15, 0.2) is 61.1 Å². The van der Waals surface area contributed by atoms with Gasteiger partial charge in [-0.3, -0.25) is 4.79 Å². The van der Waals surface area contributed by atoms with Gasteiger partial charge in [0, 0.05) is 25.4 Å². The zero-order valence-electron chi connectivity index (χ0n) is 14.1. The second-order valence-corrected chi connectivity index (χ2v) is 5.96. The fourth-order valence-electron chi connectivity index (χ4n) is 2.66. The third-order valence-electron chi connectivity index (χ3n) is 4.00. The summed E-state index contributed by atoms with van der Waals surface area (Å²) < 4.78 is 15.5. The van der Waals surface area contributed by atoms with Crippen LogP contribution in [-0.4, -0.2) is 22.0 Å². The van der Waals surface area contributed by atoms with Crippen LogP contribution >= 0.6 is 0 Å². The molecule has 0 unspecified atom stereocenters. The van der Waals surface area contributed by atoms with E-state index >= 15 is 0 Å². The van der Waals surface area contributed by atoms with Gasteiger partial charge in [-0.1, -0.05) is 42.5 Å². The smallest absolute Gasteiger partial charge is 0.271 e. The highest BCUT2D eigenvalue weighted by molar-refractivity contribution is 5.91. The number of aromatic nitrogens is 2. The topological polar surface area (TPSA) is 46.9 Å². The molecule has 0 aliphatic rings. The standard InChI is InChI=1S/C20H20FN3O/c1-24-13-19(23-14-24)20(25)22-12-4-5-15-8-10-16(11-9-15)17-6-2-3-7-18(17)21/h2-3,6-11,13-14H,4-5,12H2,1H3,(H,22,25). The Morgan fingerprint density at radius 3 is 2.60 bits per heavy atom. The van der Waals surface area contributed by atoms with Crippen LogP contribution in [0, 0.1) is 5.82 Å². The first-order valence-corrected chi connectivity index (χ1v) is 8.23. The average Bonchev–Trinajstić information content (AvgIpc) is 3.06. The molecule has 0 saturated carbocycles. The monoisotopic (exact) mass is 337 g/mol. The quantitative estimate of drug-likeness (QED) is 0.699. The normalized spacial score (nSPS) is 10.6. The number of carbonyl (C=O) groups is 1. The third kappa shape index (κ3) is 4.32. The summed E-state index contributed by atoms with van der Waals surface area (Å²) in [6, 6.07) is 14.6. The van der Waals surface area contributed by atoms with E-state index in [1.807, 2.05) is 37.4 Å². The molecule has 0 aliphatic carbocycles. The van der Waals surface area contributed by atoms with Gasteiger partial charge in [0.15, 0.2) is 0 Å². The minimum Gasteiger partial charge on any atom is -0.351 e.